The smallest absolute Gasteiger partial charge is 0.312 e. The van der Waals surface area contributed by atoms with Crippen LogP contribution >= 0.6 is 0 Å². The van der Waals surface area contributed by atoms with Crippen molar-refractivity contribution in [3.05, 3.63) is 0 Å². The van der Waals surface area contributed by atoms with Gasteiger partial charge in [-0.2, -0.15) is 0 Å². The van der Waals surface area contributed by atoms with Gasteiger partial charge in [0, 0.05) is 0 Å². The number of hydrogen-bond acceptors (Lipinski definition) is 2. The molecule has 0 unspecified atom stereocenters. The molecular weight excluding hydrogens is 224 g/mol. The van der Waals surface area contributed by atoms with Crippen molar-refractivity contribution in [2.45, 2.75) is 91.1 Å². The molecule has 0 atom stereocenters. The lowest BCUT2D eigenvalue weighted by Gasteiger charge is -2.37. The molecule has 1 fully saturated rings. The van der Waals surface area contributed by atoms with Crippen molar-refractivity contribution in [3.8, 4) is 0 Å². The molecule has 2 heteroatoms. The monoisotopic (exact) mass is 254 g/mol. The summed E-state index contributed by atoms with van der Waals surface area (Å²) in [5.41, 5.74) is -0.519. The van der Waals surface area contributed by atoms with Crippen molar-refractivity contribution in [1.29, 1.82) is 0 Å². The Morgan fingerprint density at radius 3 is 2.00 bits per heavy atom. The maximum absolute atomic E-state index is 12.3. The van der Waals surface area contributed by atoms with Gasteiger partial charge in [0.2, 0.25) is 0 Å². The number of hydrogen-bond donors (Lipinski definition) is 0. The molecule has 1 aliphatic carbocycles. The van der Waals surface area contributed by atoms with Crippen LogP contribution in [0.25, 0.3) is 0 Å². The minimum atomic E-state index is -0.343. The van der Waals surface area contributed by atoms with E-state index in [2.05, 4.69) is 13.8 Å². The van der Waals surface area contributed by atoms with Gasteiger partial charge < -0.3 is 4.74 Å². The summed E-state index contributed by atoms with van der Waals surface area (Å²) in [4.78, 5) is 12.3. The van der Waals surface area contributed by atoms with E-state index in [1.807, 2.05) is 13.8 Å². The Labute approximate surface area is 112 Å². The Morgan fingerprint density at radius 2 is 1.56 bits per heavy atom. The maximum atomic E-state index is 12.3. The summed E-state index contributed by atoms with van der Waals surface area (Å²) in [7, 11) is 0. The van der Waals surface area contributed by atoms with Crippen LogP contribution in [-0.4, -0.2) is 11.6 Å². The molecular formula is C16H30O2. The normalized spacial score (nSPS) is 20.9. The molecule has 0 spiro atoms. The van der Waals surface area contributed by atoms with Gasteiger partial charge in [-0.25, -0.2) is 0 Å². The number of carbonyl (C=O) groups is 1. The molecule has 0 radical (unpaired) electrons. The Balaban J connectivity index is 2.71. The molecule has 0 aliphatic heterocycles. The van der Waals surface area contributed by atoms with E-state index >= 15 is 0 Å². The minimum absolute atomic E-state index is 0.00702. The second kappa shape index (κ2) is 6.58. The highest BCUT2D eigenvalue weighted by Gasteiger charge is 2.37. The molecule has 0 aromatic rings. The van der Waals surface area contributed by atoms with Crippen molar-refractivity contribution in [2.75, 3.05) is 0 Å². The average Bonchev–Trinajstić information content (AvgIpc) is 2.32. The van der Waals surface area contributed by atoms with E-state index in [9.17, 15) is 4.79 Å². The summed E-state index contributed by atoms with van der Waals surface area (Å²) in [6.07, 6.45) is 10.2. The molecule has 18 heavy (non-hydrogen) atoms. The molecule has 0 N–H and O–H groups in total. The molecule has 0 aromatic carbocycles. The van der Waals surface area contributed by atoms with Crippen LogP contribution in [0.3, 0.4) is 0 Å². The fourth-order valence-electron chi connectivity index (χ4n) is 2.56. The van der Waals surface area contributed by atoms with Gasteiger partial charge in [0.25, 0.3) is 0 Å². The number of carbonyl (C=O) groups excluding carboxylic acids is 1. The van der Waals surface area contributed by atoms with Gasteiger partial charge in [0.15, 0.2) is 0 Å². The lowest BCUT2D eigenvalue weighted by Crippen LogP contribution is -2.40. The van der Waals surface area contributed by atoms with E-state index in [1.165, 1.54) is 32.1 Å². The molecule has 1 saturated carbocycles. The lowest BCUT2D eigenvalue weighted by atomic mass is 9.83. The van der Waals surface area contributed by atoms with Gasteiger partial charge in [-0.05, 0) is 52.4 Å². The SMILES string of the molecule is CCC1(OC(=O)C(C)(C)CC)CCCCCCC1. The molecule has 0 aromatic heterocycles. The van der Waals surface area contributed by atoms with E-state index in [0.717, 1.165) is 25.7 Å². The molecule has 0 heterocycles. The average molecular weight is 254 g/mol. The third-order valence-electron chi connectivity index (χ3n) is 4.65. The van der Waals surface area contributed by atoms with Crippen LogP contribution in [-0.2, 0) is 9.53 Å². The van der Waals surface area contributed by atoms with Crippen LogP contribution in [0.1, 0.15) is 85.5 Å². The molecule has 0 amide bonds. The van der Waals surface area contributed by atoms with Crippen molar-refractivity contribution in [3.63, 3.8) is 0 Å². The fraction of sp³-hybridized carbons (Fsp3) is 0.938. The maximum Gasteiger partial charge on any atom is 0.312 e. The predicted octanol–water partition coefficient (Wildman–Crippen LogP) is 4.86. The Hall–Kier alpha value is -0.530. The van der Waals surface area contributed by atoms with Crippen LogP contribution < -0.4 is 0 Å². The Bertz CT molecular complexity index is 260. The lowest BCUT2D eigenvalue weighted by molar-refractivity contribution is -0.173. The predicted molar refractivity (Wildman–Crippen MR) is 75.5 cm³/mol. The van der Waals surface area contributed by atoms with Gasteiger partial charge in [-0.15, -0.1) is 0 Å². The zero-order valence-electron chi connectivity index (χ0n) is 12.7. The quantitative estimate of drug-likeness (QED) is 0.670. The second-order valence-corrected chi connectivity index (χ2v) is 6.43. The van der Waals surface area contributed by atoms with Crippen LogP contribution in [0.2, 0.25) is 0 Å². The molecule has 1 aliphatic rings. The second-order valence-electron chi connectivity index (χ2n) is 6.43. The number of rotatable bonds is 4. The van der Waals surface area contributed by atoms with E-state index < -0.39 is 0 Å². The van der Waals surface area contributed by atoms with Gasteiger partial charge in [-0.1, -0.05) is 33.1 Å². The summed E-state index contributed by atoms with van der Waals surface area (Å²) in [5.74, 6) is -0.00702. The standard InChI is InChI=1S/C16H30O2/c1-5-15(3,4)14(17)18-16(6-2)12-10-8-7-9-11-13-16/h5-13H2,1-4H3. The molecule has 0 bridgehead atoms. The zero-order chi connectivity index (χ0) is 13.6. The molecule has 0 saturated heterocycles. The van der Waals surface area contributed by atoms with Gasteiger partial charge in [0.05, 0.1) is 5.41 Å². The highest BCUT2D eigenvalue weighted by molar-refractivity contribution is 5.76. The van der Waals surface area contributed by atoms with Gasteiger partial charge in [0.1, 0.15) is 5.60 Å². The number of ether oxygens (including phenoxy) is 1. The van der Waals surface area contributed by atoms with E-state index in [0.29, 0.717) is 0 Å². The first-order chi connectivity index (χ1) is 8.46. The summed E-state index contributed by atoms with van der Waals surface area (Å²) < 4.78 is 5.98. The van der Waals surface area contributed by atoms with Crippen molar-refractivity contribution in [1.82, 2.24) is 0 Å². The Morgan fingerprint density at radius 1 is 1.06 bits per heavy atom. The first-order valence-electron chi connectivity index (χ1n) is 7.69. The highest BCUT2D eigenvalue weighted by atomic mass is 16.6. The van der Waals surface area contributed by atoms with Crippen LogP contribution in [0.5, 0.6) is 0 Å². The zero-order valence-corrected chi connectivity index (χ0v) is 12.7. The Kier molecular flexibility index (Phi) is 5.68. The van der Waals surface area contributed by atoms with Gasteiger partial charge >= 0.3 is 5.97 Å². The van der Waals surface area contributed by atoms with Gasteiger partial charge in [-0.3, -0.25) is 4.79 Å². The fourth-order valence-corrected chi connectivity index (χ4v) is 2.56. The van der Waals surface area contributed by atoms with Crippen molar-refractivity contribution in [2.24, 2.45) is 5.41 Å². The third kappa shape index (κ3) is 4.00. The molecule has 1 rings (SSSR count). The summed E-state index contributed by atoms with van der Waals surface area (Å²) >= 11 is 0. The highest BCUT2D eigenvalue weighted by Crippen LogP contribution is 2.35. The first kappa shape index (κ1) is 15.5. The largest absolute Gasteiger partial charge is 0.459 e. The summed E-state index contributed by atoms with van der Waals surface area (Å²) in [5, 5.41) is 0. The topological polar surface area (TPSA) is 26.3 Å². The molecule has 106 valence electrons. The number of esters is 1. The summed E-state index contributed by atoms with van der Waals surface area (Å²) in [6.45, 7) is 8.19. The summed E-state index contributed by atoms with van der Waals surface area (Å²) in [6, 6.07) is 0. The minimum Gasteiger partial charge on any atom is -0.459 e. The van der Waals surface area contributed by atoms with Crippen LogP contribution in [0.4, 0.5) is 0 Å². The van der Waals surface area contributed by atoms with Crippen molar-refractivity contribution >= 4 is 5.97 Å². The first-order valence-corrected chi connectivity index (χ1v) is 7.69. The van der Waals surface area contributed by atoms with E-state index in [4.69, 9.17) is 4.74 Å². The van der Waals surface area contributed by atoms with E-state index in [-0.39, 0.29) is 17.0 Å². The van der Waals surface area contributed by atoms with E-state index in [1.54, 1.807) is 0 Å². The van der Waals surface area contributed by atoms with Crippen LogP contribution in [0.15, 0.2) is 0 Å². The van der Waals surface area contributed by atoms with Crippen LogP contribution in [0, 0.1) is 5.41 Å². The van der Waals surface area contributed by atoms with Crippen molar-refractivity contribution < 1.29 is 9.53 Å². The molecule has 2 nitrogen and oxygen atoms in total. The third-order valence-corrected chi connectivity index (χ3v) is 4.65.